The van der Waals surface area contributed by atoms with Gasteiger partial charge in [0.2, 0.25) is 0 Å². The summed E-state index contributed by atoms with van der Waals surface area (Å²) >= 11 is 0. The van der Waals surface area contributed by atoms with Crippen molar-refractivity contribution in [2.45, 2.75) is 33.2 Å². The molecular formula is C15H23ClN6O. The number of nitrogens with one attached hydrogen (secondary N) is 3. The van der Waals surface area contributed by atoms with E-state index in [4.69, 9.17) is 0 Å². The number of nitrogens with zero attached hydrogens (tertiary/aromatic N) is 3. The minimum Gasteiger partial charge on any atom is -0.350 e. The minimum absolute atomic E-state index is 0. The first-order chi connectivity index (χ1) is 10.6. The standard InChI is InChI=1S/C15H22N6O.ClH/c1-9-11(10(2)21(3)20-9)4-7-17-15(22)14-12-8-16-6-5-13(12)18-19-14;/h16H,4-8H2,1-3H3,(H,17,22)(H,18,19);1H. The van der Waals surface area contributed by atoms with Crippen molar-refractivity contribution in [1.29, 1.82) is 0 Å². The summed E-state index contributed by atoms with van der Waals surface area (Å²) in [4.78, 5) is 12.3. The second kappa shape index (κ2) is 7.14. The number of aromatic nitrogens is 4. The molecule has 0 radical (unpaired) electrons. The SMILES string of the molecule is Cc1nn(C)c(C)c1CCNC(=O)c1n[nH]c2c1CNCC2.Cl. The van der Waals surface area contributed by atoms with Gasteiger partial charge in [0, 0.05) is 50.1 Å². The highest BCUT2D eigenvalue weighted by molar-refractivity contribution is 5.94. The van der Waals surface area contributed by atoms with Gasteiger partial charge in [-0.1, -0.05) is 0 Å². The summed E-state index contributed by atoms with van der Waals surface area (Å²) in [6.45, 7) is 6.26. The highest BCUT2D eigenvalue weighted by Crippen LogP contribution is 2.15. The number of hydrogen-bond donors (Lipinski definition) is 3. The van der Waals surface area contributed by atoms with Crippen LogP contribution >= 0.6 is 12.4 Å². The van der Waals surface area contributed by atoms with Crippen molar-refractivity contribution in [3.8, 4) is 0 Å². The van der Waals surface area contributed by atoms with Gasteiger partial charge in [-0.25, -0.2) is 0 Å². The summed E-state index contributed by atoms with van der Waals surface area (Å²) in [6, 6.07) is 0. The average Bonchev–Trinajstić information content (AvgIpc) is 3.03. The Morgan fingerprint density at radius 2 is 2.17 bits per heavy atom. The van der Waals surface area contributed by atoms with E-state index in [1.165, 1.54) is 5.56 Å². The van der Waals surface area contributed by atoms with Crippen LogP contribution < -0.4 is 10.6 Å². The third kappa shape index (κ3) is 3.40. The van der Waals surface area contributed by atoms with Crippen molar-refractivity contribution >= 4 is 18.3 Å². The Balaban J connectivity index is 0.00000192. The molecule has 0 unspecified atom stereocenters. The number of hydrogen-bond acceptors (Lipinski definition) is 4. The lowest BCUT2D eigenvalue weighted by molar-refractivity contribution is 0.0948. The summed E-state index contributed by atoms with van der Waals surface area (Å²) in [7, 11) is 1.94. The van der Waals surface area contributed by atoms with E-state index in [9.17, 15) is 4.79 Å². The molecule has 0 spiro atoms. The van der Waals surface area contributed by atoms with Crippen molar-refractivity contribution in [2.24, 2.45) is 7.05 Å². The molecule has 3 N–H and O–H groups in total. The van der Waals surface area contributed by atoms with Crippen LogP contribution in [0.2, 0.25) is 0 Å². The van der Waals surface area contributed by atoms with Crippen LogP contribution in [0.3, 0.4) is 0 Å². The van der Waals surface area contributed by atoms with Crippen molar-refractivity contribution < 1.29 is 4.79 Å². The Bertz CT molecular complexity index is 705. The van der Waals surface area contributed by atoms with Crippen LogP contribution in [0.1, 0.15) is 38.7 Å². The van der Waals surface area contributed by atoms with Crippen LogP contribution in [0.5, 0.6) is 0 Å². The normalized spacial score (nSPS) is 13.3. The first-order valence-corrected chi connectivity index (χ1v) is 7.62. The van der Waals surface area contributed by atoms with Crippen molar-refractivity contribution in [2.75, 3.05) is 13.1 Å². The summed E-state index contributed by atoms with van der Waals surface area (Å²) in [5, 5.41) is 17.8. The maximum Gasteiger partial charge on any atom is 0.272 e. The fraction of sp³-hybridized carbons (Fsp3) is 0.533. The Kier molecular flexibility index (Phi) is 5.43. The quantitative estimate of drug-likeness (QED) is 0.769. The van der Waals surface area contributed by atoms with E-state index >= 15 is 0 Å². The molecule has 3 rings (SSSR count). The van der Waals surface area contributed by atoms with Crippen LogP contribution in [0.4, 0.5) is 0 Å². The van der Waals surface area contributed by atoms with E-state index in [1.54, 1.807) is 0 Å². The molecule has 0 saturated carbocycles. The molecule has 1 aliphatic heterocycles. The summed E-state index contributed by atoms with van der Waals surface area (Å²) in [5.41, 5.74) is 5.96. The molecule has 0 saturated heterocycles. The van der Waals surface area contributed by atoms with Crippen LogP contribution in [0.25, 0.3) is 0 Å². The van der Waals surface area contributed by atoms with Gasteiger partial charge in [0.1, 0.15) is 0 Å². The van der Waals surface area contributed by atoms with E-state index in [2.05, 4.69) is 25.9 Å². The number of amides is 1. The fourth-order valence-corrected chi connectivity index (χ4v) is 2.98. The van der Waals surface area contributed by atoms with Gasteiger partial charge in [0.05, 0.1) is 5.69 Å². The average molecular weight is 339 g/mol. The van der Waals surface area contributed by atoms with E-state index in [0.29, 0.717) is 18.8 Å². The maximum absolute atomic E-state index is 12.3. The molecular weight excluding hydrogens is 316 g/mol. The Morgan fingerprint density at radius 1 is 1.39 bits per heavy atom. The number of aryl methyl sites for hydroxylation is 2. The van der Waals surface area contributed by atoms with Gasteiger partial charge in [-0.3, -0.25) is 14.6 Å². The molecule has 1 amide bonds. The number of rotatable bonds is 4. The third-order valence-electron chi connectivity index (χ3n) is 4.34. The molecule has 3 heterocycles. The maximum atomic E-state index is 12.3. The molecule has 0 atom stereocenters. The molecule has 7 nitrogen and oxygen atoms in total. The zero-order valence-electron chi connectivity index (χ0n) is 13.7. The van der Waals surface area contributed by atoms with Crippen molar-refractivity contribution in [1.82, 2.24) is 30.6 Å². The van der Waals surface area contributed by atoms with Crippen LogP contribution in [-0.2, 0) is 26.4 Å². The molecule has 0 aliphatic carbocycles. The Morgan fingerprint density at radius 3 is 2.87 bits per heavy atom. The minimum atomic E-state index is -0.111. The summed E-state index contributed by atoms with van der Waals surface area (Å²) in [6.07, 6.45) is 1.67. The molecule has 1 aliphatic rings. The van der Waals surface area contributed by atoms with E-state index in [-0.39, 0.29) is 18.3 Å². The molecule has 8 heteroatoms. The highest BCUT2D eigenvalue weighted by atomic mass is 35.5. The Labute approximate surface area is 141 Å². The molecule has 2 aromatic heterocycles. The lowest BCUT2D eigenvalue weighted by Crippen LogP contribution is -2.29. The fourth-order valence-electron chi connectivity index (χ4n) is 2.98. The number of carbonyl (C=O) groups is 1. The van der Waals surface area contributed by atoms with Crippen LogP contribution in [0, 0.1) is 13.8 Å². The largest absolute Gasteiger partial charge is 0.350 e. The summed E-state index contributed by atoms with van der Waals surface area (Å²) < 4.78 is 1.88. The predicted molar refractivity (Wildman–Crippen MR) is 90.0 cm³/mol. The number of carbonyl (C=O) groups excluding carboxylic acids is 1. The van der Waals surface area contributed by atoms with Gasteiger partial charge in [-0.2, -0.15) is 10.2 Å². The van der Waals surface area contributed by atoms with Gasteiger partial charge < -0.3 is 10.6 Å². The zero-order chi connectivity index (χ0) is 15.7. The zero-order valence-corrected chi connectivity index (χ0v) is 14.5. The van der Waals surface area contributed by atoms with E-state index in [1.807, 2.05) is 25.6 Å². The van der Waals surface area contributed by atoms with E-state index in [0.717, 1.165) is 42.0 Å². The van der Waals surface area contributed by atoms with Crippen molar-refractivity contribution in [3.05, 3.63) is 33.9 Å². The lowest BCUT2D eigenvalue weighted by Gasteiger charge is -2.12. The van der Waals surface area contributed by atoms with E-state index < -0.39 is 0 Å². The molecule has 0 bridgehead atoms. The van der Waals surface area contributed by atoms with Gasteiger partial charge in [-0.05, 0) is 25.8 Å². The number of fused-ring (bicyclic) bond motifs is 1. The highest BCUT2D eigenvalue weighted by Gasteiger charge is 2.21. The number of H-pyrrole nitrogens is 1. The van der Waals surface area contributed by atoms with Crippen LogP contribution in [0.15, 0.2) is 0 Å². The van der Waals surface area contributed by atoms with Crippen LogP contribution in [-0.4, -0.2) is 39.0 Å². The molecule has 23 heavy (non-hydrogen) atoms. The molecule has 126 valence electrons. The second-order valence-corrected chi connectivity index (χ2v) is 5.73. The number of aromatic amines is 1. The van der Waals surface area contributed by atoms with Gasteiger partial charge in [0.15, 0.2) is 5.69 Å². The third-order valence-corrected chi connectivity index (χ3v) is 4.34. The lowest BCUT2D eigenvalue weighted by atomic mass is 10.1. The van der Waals surface area contributed by atoms with Gasteiger partial charge >= 0.3 is 0 Å². The topological polar surface area (TPSA) is 87.6 Å². The predicted octanol–water partition coefficient (Wildman–Crippen LogP) is 0.800. The second-order valence-electron chi connectivity index (χ2n) is 5.73. The monoisotopic (exact) mass is 338 g/mol. The molecule has 2 aromatic rings. The van der Waals surface area contributed by atoms with Crippen molar-refractivity contribution in [3.63, 3.8) is 0 Å². The first kappa shape index (κ1) is 17.5. The molecule has 0 fully saturated rings. The first-order valence-electron chi connectivity index (χ1n) is 7.62. The summed E-state index contributed by atoms with van der Waals surface area (Å²) in [5.74, 6) is -0.111. The number of halogens is 1. The van der Waals surface area contributed by atoms with Gasteiger partial charge in [0.25, 0.3) is 5.91 Å². The Hall–Kier alpha value is -1.86. The smallest absolute Gasteiger partial charge is 0.272 e. The molecule has 0 aromatic carbocycles. The van der Waals surface area contributed by atoms with Gasteiger partial charge in [-0.15, -0.1) is 12.4 Å².